The second-order valence-electron chi connectivity index (χ2n) is 34.4. The van der Waals surface area contributed by atoms with E-state index in [0.29, 0.717) is 0 Å². The Labute approximate surface area is 808 Å². The lowest BCUT2D eigenvalue weighted by atomic mass is 9.99. The number of hydrogen-bond acceptors (Lipinski definition) is 10. The molecule has 0 aliphatic rings. The Hall–Kier alpha value is -17.3. The Balaban J connectivity index is 0.0000000951. The molecule has 14 heterocycles. The van der Waals surface area contributed by atoms with Crippen molar-refractivity contribution in [2.75, 3.05) is 4.90 Å². The fourth-order valence-electron chi connectivity index (χ4n) is 20.2. The van der Waals surface area contributed by atoms with Crippen LogP contribution in [0.4, 0.5) is 17.1 Å². The van der Waals surface area contributed by atoms with E-state index in [4.69, 9.17) is 4.98 Å². The summed E-state index contributed by atoms with van der Waals surface area (Å²) in [4.78, 5) is 25.1. The number of pyridine rings is 5. The first-order valence-corrected chi connectivity index (χ1v) is 49.5. The summed E-state index contributed by atoms with van der Waals surface area (Å²) in [6.07, 6.45) is 11.1. The molecule has 0 fully saturated rings. The van der Waals surface area contributed by atoms with Gasteiger partial charge in [-0.1, -0.05) is 170 Å². The van der Waals surface area contributed by atoms with E-state index in [1.807, 2.05) is 73.3 Å². The van der Waals surface area contributed by atoms with E-state index >= 15 is 0 Å². The number of benzene rings is 15. The average Bonchev–Trinajstić information content (AvgIpc) is 1.56. The van der Waals surface area contributed by atoms with Crippen LogP contribution in [0.25, 0.3) is 223 Å². The molecular weight excluding hydrogens is 1760 g/mol. The van der Waals surface area contributed by atoms with Gasteiger partial charge < -0.3 is 27.7 Å². The zero-order valence-corrected chi connectivity index (χ0v) is 77.4. The van der Waals surface area contributed by atoms with Crippen LogP contribution in [0, 0.1) is 0 Å². The number of fused-ring (bicyclic) bond motifs is 19. The number of hydrogen-bond donors (Lipinski definition) is 0. The van der Waals surface area contributed by atoms with Crippen molar-refractivity contribution in [3.63, 3.8) is 0 Å². The first kappa shape index (κ1) is 81.5. The van der Waals surface area contributed by atoms with Gasteiger partial charge in [0.1, 0.15) is 0 Å². The van der Waals surface area contributed by atoms with Crippen LogP contribution in [0.15, 0.2) is 477 Å². The standard InChI is InChI=1S/C32H20N2S.C32H22N2S.C30H19N3S.C29H18N4S/c1-2-8-22(9-3-1)33-28-12-6-5-11-25(28)27-19-23(14-15-30(27)33)34-29-13-7-4-10-24(29)26-18-21-16-17-35-32(21)20-31(26)34;1-3-9-24(10-4-1)33(25-11-5-2-6-12-25)26-15-17-27(18-16-26)34-30-14-8-7-13-28(30)29-21-23-19-20-35-32(23)22-31(29)34;1-2-8-28-26(7-1)27-16-20-9-12-34-30(20)17-29(27)33(28)25-14-23(21-5-3-10-31-18-21)13-24(15-25)22-6-4-11-32-19-22;1-2-10-27-21(7-1)22-15-19-11-14-34-29(19)18-28(22)33(27)20-16-25(23-8-3-5-12-30-23)32-26(17-20)24-9-4-6-13-31-24/h1-20H;1-22H;1-19H;1-18H. The van der Waals surface area contributed by atoms with Crippen molar-refractivity contribution in [2.45, 2.75) is 0 Å². The lowest BCUT2D eigenvalue weighted by Crippen LogP contribution is -2.09. The molecule has 650 valence electrons. The number of thiophene rings is 4. The first-order chi connectivity index (χ1) is 68.4. The minimum atomic E-state index is 0.821. The molecule has 138 heavy (non-hydrogen) atoms. The molecule has 11 nitrogen and oxygen atoms in total. The third-order valence-electron chi connectivity index (χ3n) is 26.4. The maximum atomic E-state index is 4.95. The lowest BCUT2D eigenvalue weighted by Gasteiger charge is -2.25. The minimum Gasteiger partial charge on any atom is -0.311 e. The summed E-state index contributed by atoms with van der Waals surface area (Å²) < 4.78 is 17.1. The van der Waals surface area contributed by atoms with Gasteiger partial charge >= 0.3 is 0 Å². The zero-order valence-electron chi connectivity index (χ0n) is 74.2. The third-order valence-corrected chi connectivity index (χ3v) is 29.9. The van der Waals surface area contributed by atoms with E-state index in [0.717, 1.165) is 79.2 Å². The molecule has 0 saturated carbocycles. The molecule has 0 aliphatic carbocycles. The molecule has 29 aromatic rings. The van der Waals surface area contributed by atoms with Crippen molar-refractivity contribution in [1.82, 2.24) is 47.8 Å². The van der Waals surface area contributed by atoms with Crippen molar-refractivity contribution in [2.24, 2.45) is 0 Å². The van der Waals surface area contributed by atoms with Crippen LogP contribution < -0.4 is 4.90 Å². The van der Waals surface area contributed by atoms with Gasteiger partial charge in [-0.05, 0) is 303 Å². The Morgan fingerprint density at radius 3 is 0.891 bits per heavy atom. The maximum Gasteiger partial charge on any atom is 0.0915 e. The molecule has 0 spiro atoms. The molecular formula is C123H79N11S4. The molecule has 0 saturated heterocycles. The average molecular weight is 1840 g/mol. The van der Waals surface area contributed by atoms with Crippen molar-refractivity contribution >= 4 is 212 Å². The van der Waals surface area contributed by atoms with Gasteiger partial charge in [0.15, 0.2) is 0 Å². The summed E-state index contributed by atoms with van der Waals surface area (Å²) in [7, 11) is 0. The number of anilines is 3. The number of para-hydroxylation sites is 8. The Kier molecular flexibility index (Phi) is 20.4. The summed E-state index contributed by atoms with van der Waals surface area (Å²) in [5.41, 5.74) is 29.1. The molecule has 0 unspecified atom stereocenters. The van der Waals surface area contributed by atoms with Gasteiger partial charge in [0.2, 0.25) is 0 Å². The molecule has 0 bridgehead atoms. The Bertz CT molecular complexity index is 9230. The van der Waals surface area contributed by atoms with E-state index in [-0.39, 0.29) is 0 Å². The second kappa shape index (κ2) is 34.6. The van der Waals surface area contributed by atoms with Crippen LogP contribution in [-0.4, -0.2) is 47.8 Å². The highest BCUT2D eigenvalue weighted by Gasteiger charge is 2.24. The van der Waals surface area contributed by atoms with Crippen molar-refractivity contribution in [1.29, 1.82) is 0 Å². The fraction of sp³-hybridized carbons (Fsp3) is 0. The quantitative estimate of drug-likeness (QED) is 0.121. The van der Waals surface area contributed by atoms with Gasteiger partial charge in [-0.3, -0.25) is 19.9 Å². The minimum absolute atomic E-state index is 0.821. The highest BCUT2D eigenvalue weighted by atomic mass is 32.1. The van der Waals surface area contributed by atoms with Gasteiger partial charge in [0.05, 0.1) is 83.6 Å². The SMILES string of the molecule is c1ccc(-c2cc(-n3c4ccccc4c4cc5ccsc5cc43)cc(-c3ccccn3)n2)nc1.c1ccc(-n2c3ccccc3c3cc(-n4c5ccccc5c5cc6ccsc6cc54)ccc32)cc1.c1ccc(N(c2ccccc2)c2ccc(-n3c4ccccc4c4cc5ccsc5cc43)cc2)cc1.c1cncc(-c2cc(-c3cccnc3)cc(-n3c4ccccc4c4cc5ccsc5cc43)c2)c1. The van der Waals surface area contributed by atoms with Gasteiger partial charge in [-0.15, -0.1) is 45.3 Å². The first-order valence-electron chi connectivity index (χ1n) is 46.0. The largest absolute Gasteiger partial charge is 0.311 e. The summed E-state index contributed by atoms with van der Waals surface area (Å²) in [5.74, 6) is 0. The van der Waals surface area contributed by atoms with Crippen LogP contribution in [0.5, 0.6) is 0 Å². The molecule has 0 N–H and O–H groups in total. The molecule has 15 heteroatoms. The van der Waals surface area contributed by atoms with E-state index in [1.54, 1.807) is 57.7 Å². The van der Waals surface area contributed by atoms with Crippen LogP contribution in [0.1, 0.15) is 0 Å². The molecule has 0 radical (unpaired) electrons. The molecule has 0 aliphatic heterocycles. The van der Waals surface area contributed by atoms with Crippen LogP contribution >= 0.6 is 45.3 Å². The predicted octanol–water partition coefficient (Wildman–Crippen LogP) is 34.2. The smallest absolute Gasteiger partial charge is 0.0915 e. The number of nitrogens with zero attached hydrogens (tertiary/aromatic N) is 11. The summed E-state index contributed by atoms with van der Waals surface area (Å²) in [6, 6.07) is 149. The molecule has 0 atom stereocenters. The molecule has 29 rings (SSSR count). The molecule has 15 aromatic carbocycles. The summed E-state index contributed by atoms with van der Waals surface area (Å²) in [6.45, 7) is 0. The van der Waals surface area contributed by atoms with Crippen LogP contribution in [0.3, 0.4) is 0 Å². The van der Waals surface area contributed by atoms with Crippen molar-refractivity contribution < 1.29 is 0 Å². The van der Waals surface area contributed by atoms with Gasteiger partial charge in [0.25, 0.3) is 0 Å². The van der Waals surface area contributed by atoms with Gasteiger partial charge in [-0.2, -0.15) is 0 Å². The highest BCUT2D eigenvalue weighted by molar-refractivity contribution is 7.18. The topological polar surface area (TPSA) is 92.3 Å². The normalized spacial score (nSPS) is 11.6. The Morgan fingerprint density at radius 2 is 0.507 bits per heavy atom. The highest BCUT2D eigenvalue weighted by Crippen LogP contribution is 2.46. The second-order valence-corrected chi connectivity index (χ2v) is 38.2. The maximum absolute atomic E-state index is 4.95. The fourth-order valence-corrected chi connectivity index (χ4v) is 23.4. The summed E-state index contributed by atoms with van der Waals surface area (Å²) >= 11 is 7.16. The monoisotopic (exact) mass is 1840 g/mol. The molecule has 14 aromatic heterocycles. The number of aromatic nitrogens is 10. The van der Waals surface area contributed by atoms with E-state index in [1.165, 1.54) is 161 Å². The summed E-state index contributed by atoms with van der Waals surface area (Å²) in [5, 5.41) is 26.6. The predicted molar refractivity (Wildman–Crippen MR) is 584 cm³/mol. The van der Waals surface area contributed by atoms with Crippen LogP contribution in [-0.2, 0) is 0 Å². The van der Waals surface area contributed by atoms with E-state index in [2.05, 4.69) is 439 Å². The number of rotatable bonds is 12. The lowest BCUT2D eigenvalue weighted by molar-refractivity contribution is 1.14. The van der Waals surface area contributed by atoms with Crippen molar-refractivity contribution in [3.05, 3.63) is 477 Å². The third kappa shape index (κ3) is 14.5. The zero-order chi connectivity index (χ0) is 91.1. The van der Waals surface area contributed by atoms with E-state index in [9.17, 15) is 0 Å². The van der Waals surface area contributed by atoms with Crippen molar-refractivity contribution in [3.8, 4) is 73.5 Å². The van der Waals surface area contributed by atoms with Crippen LogP contribution in [0.2, 0.25) is 0 Å². The van der Waals surface area contributed by atoms with E-state index < -0.39 is 0 Å². The Morgan fingerprint density at radius 1 is 0.188 bits per heavy atom. The van der Waals surface area contributed by atoms with Gasteiger partial charge in [0, 0.05) is 161 Å². The van der Waals surface area contributed by atoms with Gasteiger partial charge in [-0.25, -0.2) is 4.98 Å². The molecule has 0 amide bonds.